The SMILES string of the molecule is NCC1(Nc2ccc(C(F)(F)F)cn2)CC1. The Balaban J connectivity index is 2.08. The minimum atomic E-state index is -4.34. The van der Waals surface area contributed by atoms with E-state index in [1.165, 1.54) is 6.07 Å². The molecule has 1 aliphatic carbocycles. The fourth-order valence-corrected chi connectivity index (χ4v) is 1.44. The smallest absolute Gasteiger partial charge is 0.363 e. The Morgan fingerprint density at radius 1 is 1.38 bits per heavy atom. The molecule has 0 aromatic carbocycles. The Hall–Kier alpha value is -1.30. The molecule has 0 atom stereocenters. The first kappa shape index (κ1) is 11.2. The number of nitrogens with zero attached hydrogens (tertiary/aromatic N) is 1. The maximum absolute atomic E-state index is 12.3. The number of pyridine rings is 1. The topological polar surface area (TPSA) is 50.9 Å². The van der Waals surface area contributed by atoms with Crippen molar-refractivity contribution in [2.45, 2.75) is 24.6 Å². The van der Waals surface area contributed by atoms with Crippen LogP contribution in [0.2, 0.25) is 0 Å². The van der Waals surface area contributed by atoms with E-state index >= 15 is 0 Å². The maximum Gasteiger partial charge on any atom is 0.417 e. The number of hydrogen-bond acceptors (Lipinski definition) is 3. The van der Waals surface area contributed by atoms with Gasteiger partial charge in [-0.3, -0.25) is 0 Å². The standard InChI is InChI=1S/C10H12F3N3/c11-10(12,13)7-1-2-8(15-5-7)16-9(6-14)3-4-9/h1-2,5H,3-4,6,14H2,(H,15,16). The first-order valence-corrected chi connectivity index (χ1v) is 4.97. The molecule has 0 aliphatic heterocycles. The predicted molar refractivity (Wildman–Crippen MR) is 53.9 cm³/mol. The van der Waals surface area contributed by atoms with Gasteiger partial charge in [-0.05, 0) is 25.0 Å². The van der Waals surface area contributed by atoms with E-state index in [0.29, 0.717) is 12.4 Å². The minimum Gasteiger partial charge on any atom is -0.363 e. The van der Waals surface area contributed by atoms with Crippen molar-refractivity contribution < 1.29 is 13.2 Å². The molecule has 0 saturated heterocycles. The zero-order valence-electron chi connectivity index (χ0n) is 8.51. The Kier molecular flexibility index (Phi) is 2.53. The molecule has 0 unspecified atom stereocenters. The lowest BCUT2D eigenvalue weighted by atomic mass is 10.2. The molecule has 1 heterocycles. The average molecular weight is 231 g/mol. The number of nitrogens with one attached hydrogen (secondary N) is 1. The molecule has 1 fully saturated rings. The average Bonchev–Trinajstić information content (AvgIpc) is 2.98. The third-order valence-electron chi connectivity index (χ3n) is 2.73. The van der Waals surface area contributed by atoms with Crippen molar-refractivity contribution in [2.24, 2.45) is 5.73 Å². The fourth-order valence-electron chi connectivity index (χ4n) is 1.44. The van der Waals surface area contributed by atoms with E-state index in [-0.39, 0.29) is 5.54 Å². The summed E-state index contributed by atoms with van der Waals surface area (Å²) in [5.41, 5.74) is 4.66. The van der Waals surface area contributed by atoms with Gasteiger partial charge in [0.1, 0.15) is 5.82 Å². The Morgan fingerprint density at radius 3 is 2.44 bits per heavy atom. The van der Waals surface area contributed by atoms with Crippen LogP contribution in [0, 0.1) is 0 Å². The molecule has 88 valence electrons. The van der Waals surface area contributed by atoms with Gasteiger partial charge in [0.25, 0.3) is 0 Å². The molecule has 3 nitrogen and oxygen atoms in total. The number of hydrogen-bond donors (Lipinski definition) is 2. The molecule has 16 heavy (non-hydrogen) atoms. The van der Waals surface area contributed by atoms with E-state index in [2.05, 4.69) is 10.3 Å². The van der Waals surface area contributed by atoms with Crippen LogP contribution < -0.4 is 11.1 Å². The van der Waals surface area contributed by atoms with Gasteiger partial charge in [-0.2, -0.15) is 13.2 Å². The summed E-state index contributed by atoms with van der Waals surface area (Å²) in [6, 6.07) is 2.35. The summed E-state index contributed by atoms with van der Waals surface area (Å²) in [4.78, 5) is 3.73. The molecule has 0 amide bonds. The highest BCUT2D eigenvalue weighted by Gasteiger charge is 2.41. The Bertz CT molecular complexity index is 368. The van der Waals surface area contributed by atoms with Crippen LogP contribution in [0.25, 0.3) is 0 Å². The summed E-state index contributed by atoms with van der Waals surface area (Å²) >= 11 is 0. The van der Waals surface area contributed by atoms with Crippen molar-refractivity contribution in [3.63, 3.8) is 0 Å². The number of nitrogens with two attached hydrogens (primary N) is 1. The molecule has 0 bridgehead atoms. The third-order valence-corrected chi connectivity index (χ3v) is 2.73. The van der Waals surface area contributed by atoms with E-state index in [4.69, 9.17) is 5.73 Å². The number of halogens is 3. The zero-order chi connectivity index (χ0) is 11.8. The summed E-state index contributed by atoms with van der Waals surface area (Å²) in [5, 5.41) is 3.05. The third kappa shape index (κ3) is 2.27. The van der Waals surface area contributed by atoms with Crippen LogP contribution in [-0.2, 0) is 6.18 Å². The second kappa shape index (κ2) is 3.62. The number of aromatic nitrogens is 1. The van der Waals surface area contributed by atoms with Crippen molar-refractivity contribution in [1.82, 2.24) is 4.98 Å². The normalized spacial score (nSPS) is 18.2. The van der Waals surface area contributed by atoms with Gasteiger partial charge in [0.2, 0.25) is 0 Å². The van der Waals surface area contributed by atoms with Crippen LogP contribution in [0.3, 0.4) is 0 Å². The quantitative estimate of drug-likeness (QED) is 0.836. The number of rotatable bonds is 3. The first-order chi connectivity index (χ1) is 7.45. The highest BCUT2D eigenvalue weighted by Crippen LogP contribution is 2.37. The molecule has 1 saturated carbocycles. The largest absolute Gasteiger partial charge is 0.417 e. The second-order valence-electron chi connectivity index (χ2n) is 4.04. The lowest BCUT2D eigenvalue weighted by Crippen LogP contribution is -2.31. The molecule has 6 heteroatoms. The summed E-state index contributed by atoms with van der Waals surface area (Å²) in [5.74, 6) is 0.441. The van der Waals surface area contributed by atoms with Gasteiger partial charge in [0.05, 0.1) is 11.1 Å². The second-order valence-corrected chi connectivity index (χ2v) is 4.04. The van der Waals surface area contributed by atoms with Crippen LogP contribution >= 0.6 is 0 Å². The van der Waals surface area contributed by atoms with Crippen molar-refractivity contribution in [1.29, 1.82) is 0 Å². The van der Waals surface area contributed by atoms with Crippen molar-refractivity contribution >= 4 is 5.82 Å². The van der Waals surface area contributed by atoms with Crippen LogP contribution in [0.4, 0.5) is 19.0 Å². The molecule has 3 N–H and O–H groups in total. The predicted octanol–water partition coefficient (Wildman–Crippen LogP) is 2.00. The van der Waals surface area contributed by atoms with Gasteiger partial charge in [-0.15, -0.1) is 0 Å². The van der Waals surface area contributed by atoms with E-state index < -0.39 is 11.7 Å². The zero-order valence-corrected chi connectivity index (χ0v) is 8.51. The van der Waals surface area contributed by atoms with Crippen LogP contribution in [-0.4, -0.2) is 17.1 Å². The molecule has 0 spiro atoms. The van der Waals surface area contributed by atoms with Crippen LogP contribution in [0.15, 0.2) is 18.3 Å². The van der Waals surface area contributed by atoms with Crippen molar-refractivity contribution in [3.05, 3.63) is 23.9 Å². The van der Waals surface area contributed by atoms with E-state index in [1.54, 1.807) is 0 Å². The molecule has 1 aliphatic rings. The van der Waals surface area contributed by atoms with Crippen molar-refractivity contribution in [3.8, 4) is 0 Å². The number of alkyl halides is 3. The van der Waals surface area contributed by atoms with E-state index in [9.17, 15) is 13.2 Å². The van der Waals surface area contributed by atoms with Gasteiger partial charge in [-0.1, -0.05) is 0 Å². The minimum absolute atomic E-state index is 0.146. The summed E-state index contributed by atoms with van der Waals surface area (Å²) in [7, 11) is 0. The van der Waals surface area contributed by atoms with Gasteiger partial charge in [-0.25, -0.2) is 4.98 Å². The van der Waals surface area contributed by atoms with Gasteiger partial charge >= 0.3 is 6.18 Å². The lowest BCUT2D eigenvalue weighted by Gasteiger charge is -2.15. The van der Waals surface area contributed by atoms with Crippen LogP contribution in [0.1, 0.15) is 18.4 Å². The van der Waals surface area contributed by atoms with Gasteiger partial charge in [0, 0.05) is 12.7 Å². The molecular weight excluding hydrogens is 219 g/mol. The highest BCUT2D eigenvalue weighted by atomic mass is 19.4. The number of anilines is 1. The molecule has 1 aromatic rings. The van der Waals surface area contributed by atoms with Crippen molar-refractivity contribution in [2.75, 3.05) is 11.9 Å². The van der Waals surface area contributed by atoms with E-state index in [0.717, 1.165) is 25.1 Å². The first-order valence-electron chi connectivity index (χ1n) is 4.97. The summed E-state index contributed by atoms with van der Waals surface area (Å²) < 4.78 is 36.8. The summed E-state index contributed by atoms with van der Waals surface area (Å²) in [6.07, 6.45) is -1.63. The maximum atomic E-state index is 12.3. The lowest BCUT2D eigenvalue weighted by molar-refractivity contribution is -0.137. The highest BCUT2D eigenvalue weighted by molar-refractivity contribution is 5.41. The van der Waals surface area contributed by atoms with Gasteiger partial charge in [0.15, 0.2) is 0 Å². The molecule has 1 aromatic heterocycles. The molecular formula is C10H12F3N3. The summed E-state index contributed by atoms with van der Waals surface area (Å²) in [6.45, 7) is 0.468. The fraction of sp³-hybridized carbons (Fsp3) is 0.500. The Morgan fingerprint density at radius 2 is 2.06 bits per heavy atom. The Labute approximate surface area is 90.9 Å². The van der Waals surface area contributed by atoms with Gasteiger partial charge < -0.3 is 11.1 Å². The monoisotopic (exact) mass is 231 g/mol. The van der Waals surface area contributed by atoms with E-state index in [1.807, 2.05) is 0 Å². The molecule has 0 radical (unpaired) electrons. The van der Waals surface area contributed by atoms with Crippen LogP contribution in [0.5, 0.6) is 0 Å². The molecule has 2 rings (SSSR count).